The van der Waals surface area contributed by atoms with E-state index in [-0.39, 0.29) is 18.4 Å². The van der Waals surface area contributed by atoms with Gasteiger partial charge in [0.25, 0.3) is 0 Å². The lowest BCUT2D eigenvalue weighted by Crippen LogP contribution is -2.44. The number of carboxylic acids is 1. The van der Waals surface area contributed by atoms with Crippen LogP contribution >= 0.6 is 0 Å². The quantitative estimate of drug-likeness (QED) is 0.816. The molecule has 2 aliphatic rings. The number of hydrogen-bond donors (Lipinski definition) is 2. The van der Waals surface area contributed by atoms with Crippen LogP contribution in [0.15, 0.2) is 0 Å². The van der Waals surface area contributed by atoms with E-state index in [2.05, 4.69) is 12.2 Å². The van der Waals surface area contributed by atoms with Gasteiger partial charge in [0.1, 0.15) is 0 Å². The topological polar surface area (TPSA) is 66.4 Å². The van der Waals surface area contributed by atoms with Crippen LogP contribution in [0.5, 0.6) is 0 Å². The molecule has 0 aromatic carbocycles. The van der Waals surface area contributed by atoms with Crippen molar-refractivity contribution >= 4 is 11.9 Å². The Hall–Kier alpha value is -1.06. The Morgan fingerprint density at radius 1 is 1.10 bits per heavy atom. The van der Waals surface area contributed by atoms with Crippen LogP contribution in [0.2, 0.25) is 0 Å². The van der Waals surface area contributed by atoms with Gasteiger partial charge in [0.05, 0.1) is 5.41 Å². The van der Waals surface area contributed by atoms with Crippen molar-refractivity contribution in [2.45, 2.75) is 83.6 Å². The van der Waals surface area contributed by atoms with Crippen LogP contribution in [0.3, 0.4) is 0 Å². The minimum absolute atomic E-state index is 0.0719. The highest BCUT2D eigenvalue weighted by atomic mass is 16.4. The molecular formula is C17H29NO3. The summed E-state index contributed by atoms with van der Waals surface area (Å²) in [7, 11) is 0. The second-order valence-corrected chi connectivity index (χ2v) is 7.08. The van der Waals surface area contributed by atoms with Crippen molar-refractivity contribution in [2.75, 3.05) is 0 Å². The Balaban J connectivity index is 1.88. The van der Waals surface area contributed by atoms with Crippen LogP contribution in [0.1, 0.15) is 77.6 Å². The van der Waals surface area contributed by atoms with Crippen LogP contribution in [0.4, 0.5) is 0 Å². The van der Waals surface area contributed by atoms with E-state index in [1.54, 1.807) is 0 Å². The summed E-state index contributed by atoms with van der Waals surface area (Å²) in [5.74, 6) is -0.296. The zero-order valence-corrected chi connectivity index (χ0v) is 13.2. The van der Waals surface area contributed by atoms with E-state index in [0.29, 0.717) is 18.8 Å². The average molecular weight is 295 g/mol. The van der Waals surface area contributed by atoms with Gasteiger partial charge >= 0.3 is 5.97 Å². The van der Waals surface area contributed by atoms with Crippen LogP contribution in [0.25, 0.3) is 0 Å². The Morgan fingerprint density at radius 3 is 2.24 bits per heavy atom. The van der Waals surface area contributed by atoms with Gasteiger partial charge in [0.15, 0.2) is 0 Å². The molecule has 2 rings (SSSR count). The molecule has 0 bridgehead atoms. The van der Waals surface area contributed by atoms with Crippen LogP contribution < -0.4 is 5.32 Å². The van der Waals surface area contributed by atoms with Gasteiger partial charge in [0, 0.05) is 12.5 Å². The highest BCUT2D eigenvalue weighted by molar-refractivity contribution is 5.85. The van der Waals surface area contributed by atoms with Gasteiger partial charge in [-0.1, -0.05) is 38.5 Å². The summed E-state index contributed by atoms with van der Waals surface area (Å²) >= 11 is 0. The number of rotatable bonds is 5. The van der Waals surface area contributed by atoms with Crippen LogP contribution in [-0.4, -0.2) is 23.0 Å². The van der Waals surface area contributed by atoms with Gasteiger partial charge < -0.3 is 10.4 Å². The fourth-order valence-electron chi connectivity index (χ4n) is 4.06. The highest BCUT2D eigenvalue weighted by Crippen LogP contribution is 2.39. The molecule has 4 heteroatoms. The van der Waals surface area contributed by atoms with E-state index in [1.807, 2.05) is 0 Å². The summed E-state index contributed by atoms with van der Waals surface area (Å²) in [5, 5.41) is 12.6. The molecule has 2 saturated carbocycles. The molecule has 0 spiro atoms. The third-order valence-electron chi connectivity index (χ3n) is 5.51. The molecule has 0 aromatic rings. The van der Waals surface area contributed by atoms with E-state index in [9.17, 15) is 14.7 Å². The van der Waals surface area contributed by atoms with Crippen molar-refractivity contribution in [3.63, 3.8) is 0 Å². The SMILES string of the molecule is C[C@@H](NC(=O)CC1(C(=O)O)CCCCC1)C1CCCCC1. The van der Waals surface area contributed by atoms with Gasteiger partial charge in [-0.15, -0.1) is 0 Å². The monoisotopic (exact) mass is 295 g/mol. The predicted octanol–water partition coefficient (Wildman–Crippen LogP) is 3.50. The lowest BCUT2D eigenvalue weighted by atomic mass is 9.71. The maximum Gasteiger partial charge on any atom is 0.310 e. The summed E-state index contributed by atoms with van der Waals surface area (Å²) in [6.07, 6.45) is 10.6. The number of amides is 1. The lowest BCUT2D eigenvalue weighted by molar-refractivity contribution is -0.154. The molecule has 2 N–H and O–H groups in total. The summed E-state index contributed by atoms with van der Waals surface area (Å²) in [6.45, 7) is 2.07. The fraction of sp³-hybridized carbons (Fsp3) is 0.882. The molecule has 1 atom stereocenters. The number of carbonyl (C=O) groups excluding carboxylic acids is 1. The molecule has 2 fully saturated rings. The third kappa shape index (κ3) is 4.21. The second-order valence-electron chi connectivity index (χ2n) is 7.08. The fourth-order valence-corrected chi connectivity index (χ4v) is 4.06. The summed E-state index contributed by atoms with van der Waals surface area (Å²) in [5.41, 5.74) is -0.811. The molecule has 0 aromatic heterocycles. The zero-order valence-electron chi connectivity index (χ0n) is 13.2. The van der Waals surface area contributed by atoms with Crippen molar-refractivity contribution < 1.29 is 14.7 Å². The summed E-state index contributed by atoms with van der Waals surface area (Å²) in [4.78, 5) is 23.9. The van der Waals surface area contributed by atoms with Gasteiger partial charge in [0.2, 0.25) is 5.91 Å². The minimum Gasteiger partial charge on any atom is -0.481 e. The van der Waals surface area contributed by atoms with Crippen molar-refractivity contribution in [3.8, 4) is 0 Å². The largest absolute Gasteiger partial charge is 0.481 e. The first-order valence-corrected chi connectivity index (χ1v) is 8.56. The number of nitrogens with one attached hydrogen (secondary N) is 1. The molecule has 120 valence electrons. The second kappa shape index (κ2) is 7.28. The molecule has 0 aliphatic heterocycles. The average Bonchev–Trinajstić information content (AvgIpc) is 2.48. The molecule has 1 amide bonds. The van der Waals surface area contributed by atoms with Gasteiger partial charge in [-0.3, -0.25) is 9.59 Å². The predicted molar refractivity (Wildman–Crippen MR) is 82.0 cm³/mol. The van der Waals surface area contributed by atoms with Crippen molar-refractivity contribution in [3.05, 3.63) is 0 Å². The number of carboxylic acid groups (broad SMARTS) is 1. The molecule has 0 saturated heterocycles. The van der Waals surface area contributed by atoms with Crippen molar-refractivity contribution in [1.29, 1.82) is 0 Å². The molecule has 0 unspecified atom stereocenters. The Morgan fingerprint density at radius 2 is 1.67 bits per heavy atom. The molecule has 21 heavy (non-hydrogen) atoms. The smallest absolute Gasteiger partial charge is 0.310 e. The van der Waals surface area contributed by atoms with E-state index >= 15 is 0 Å². The maximum absolute atomic E-state index is 12.3. The molecule has 0 radical (unpaired) electrons. The maximum atomic E-state index is 12.3. The highest BCUT2D eigenvalue weighted by Gasteiger charge is 2.41. The van der Waals surface area contributed by atoms with E-state index in [1.165, 1.54) is 32.1 Å². The standard InChI is InChI=1S/C17H29NO3/c1-13(14-8-4-2-5-9-14)18-15(19)12-17(16(20)21)10-6-3-7-11-17/h13-14H,2-12H2,1H3,(H,18,19)(H,20,21)/t13-/m1/s1. The molecule has 0 heterocycles. The minimum atomic E-state index is -0.811. The Labute approximate surface area is 127 Å². The molecule has 2 aliphatic carbocycles. The normalized spacial score (nSPS) is 24.2. The molecular weight excluding hydrogens is 266 g/mol. The Bertz CT molecular complexity index is 368. The van der Waals surface area contributed by atoms with Crippen molar-refractivity contribution in [2.24, 2.45) is 11.3 Å². The number of aliphatic carboxylic acids is 1. The first kappa shape index (κ1) is 16.3. The van der Waals surface area contributed by atoms with Gasteiger partial charge in [-0.05, 0) is 38.5 Å². The van der Waals surface area contributed by atoms with E-state index in [0.717, 1.165) is 19.3 Å². The third-order valence-corrected chi connectivity index (χ3v) is 5.51. The van der Waals surface area contributed by atoms with Crippen molar-refractivity contribution in [1.82, 2.24) is 5.32 Å². The lowest BCUT2D eigenvalue weighted by Gasteiger charge is -2.34. The zero-order chi connectivity index (χ0) is 15.3. The van der Waals surface area contributed by atoms with Gasteiger partial charge in [-0.2, -0.15) is 0 Å². The van der Waals surface area contributed by atoms with Crippen LogP contribution in [0, 0.1) is 11.3 Å². The summed E-state index contributed by atoms with van der Waals surface area (Å²) < 4.78 is 0. The van der Waals surface area contributed by atoms with Crippen LogP contribution in [-0.2, 0) is 9.59 Å². The first-order chi connectivity index (χ1) is 10.0. The Kier molecular flexibility index (Phi) is 5.65. The van der Waals surface area contributed by atoms with E-state index in [4.69, 9.17) is 0 Å². The van der Waals surface area contributed by atoms with Gasteiger partial charge in [-0.25, -0.2) is 0 Å². The number of hydrogen-bond acceptors (Lipinski definition) is 2. The number of carbonyl (C=O) groups is 2. The molecule has 4 nitrogen and oxygen atoms in total. The summed E-state index contributed by atoms with van der Waals surface area (Å²) in [6, 6.07) is 0.173. The van der Waals surface area contributed by atoms with E-state index < -0.39 is 11.4 Å². The first-order valence-electron chi connectivity index (χ1n) is 8.56.